The first-order valence-corrected chi connectivity index (χ1v) is 8.33. The van der Waals surface area contributed by atoms with Crippen molar-refractivity contribution in [3.05, 3.63) is 73.2 Å². The van der Waals surface area contributed by atoms with Crippen LogP contribution in [0.2, 0.25) is 5.02 Å². The highest BCUT2D eigenvalue weighted by atomic mass is 79.9. The molecule has 26 heavy (non-hydrogen) atoms. The summed E-state index contributed by atoms with van der Waals surface area (Å²) in [5.74, 6) is -0.952. The van der Waals surface area contributed by atoms with E-state index in [4.69, 9.17) is 11.6 Å². The Bertz CT molecular complexity index is 888. The Labute approximate surface area is 161 Å². The Morgan fingerprint density at radius 3 is 2.73 bits per heavy atom. The molecule has 2 aromatic carbocycles. The average molecular weight is 440 g/mol. The van der Waals surface area contributed by atoms with Crippen molar-refractivity contribution in [2.45, 2.75) is 0 Å². The molecule has 2 rings (SSSR count). The lowest BCUT2D eigenvalue weighted by atomic mass is 10.2. The Morgan fingerprint density at radius 2 is 2.04 bits per heavy atom. The third kappa shape index (κ3) is 5.64. The van der Waals surface area contributed by atoms with Crippen molar-refractivity contribution in [3.8, 4) is 0 Å². The van der Waals surface area contributed by atoms with Gasteiger partial charge in [0.25, 0.3) is 17.5 Å². The van der Waals surface area contributed by atoms with Gasteiger partial charge in [-0.2, -0.15) is 5.10 Å². The summed E-state index contributed by atoms with van der Waals surface area (Å²) in [5, 5.41) is 17.0. The first-order valence-electron chi connectivity index (χ1n) is 7.16. The third-order valence-corrected chi connectivity index (χ3v) is 3.88. The number of carbonyl (C=O) groups excluding carboxylic acids is 2. The fourth-order valence-electron chi connectivity index (χ4n) is 1.86. The standard InChI is InChI=1S/C16H12BrClN4O4/c17-12-3-1-2-11(7-12)16(24)19-9-15(23)21-20-8-10-4-5-13(18)14(6-10)22(25)26/h1-8H,9H2,(H,19,24)(H,21,23)/b20-8-. The lowest BCUT2D eigenvalue weighted by Gasteiger charge is -2.04. The molecule has 8 nitrogen and oxygen atoms in total. The largest absolute Gasteiger partial charge is 0.343 e. The van der Waals surface area contributed by atoms with Crippen LogP contribution in [0.15, 0.2) is 52.0 Å². The minimum Gasteiger partial charge on any atom is -0.343 e. The molecule has 0 aliphatic heterocycles. The van der Waals surface area contributed by atoms with Crippen LogP contribution < -0.4 is 10.7 Å². The molecule has 0 radical (unpaired) electrons. The second kappa shape index (κ2) is 9.07. The van der Waals surface area contributed by atoms with Crippen LogP contribution in [0, 0.1) is 10.1 Å². The van der Waals surface area contributed by atoms with E-state index in [1.54, 1.807) is 24.3 Å². The van der Waals surface area contributed by atoms with Gasteiger partial charge in [-0.05, 0) is 24.3 Å². The van der Waals surface area contributed by atoms with Gasteiger partial charge in [0.05, 0.1) is 17.7 Å². The predicted molar refractivity (Wildman–Crippen MR) is 100 cm³/mol. The number of benzene rings is 2. The molecule has 0 spiro atoms. The summed E-state index contributed by atoms with van der Waals surface area (Å²) in [5.41, 5.74) is 2.75. The Morgan fingerprint density at radius 1 is 1.27 bits per heavy atom. The van der Waals surface area contributed by atoms with Crippen LogP contribution in [0.5, 0.6) is 0 Å². The van der Waals surface area contributed by atoms with E-state index in [0.717, 1.165) is 4.47 Å². The molecule has 0 aromatic heterocycles. The van der Waals surface area contributed by atoms with E-state index in [1.807, 2.05) is 0 Å². The Balaban J connectivity index is 1.87. The van der Waals surface area contributed by atoms with Crippen LogP contribution in [0.4, 0.5) is 5.69 Å². The summed E-state index contributed by atoms with van der Waals surface area (Å²) in [4.78, 5) is 33.8. The number of carbonyl (C=O) groups is 2. The van der Waals surface area contributed by atoms with Gasteiger partial charge in [-0.15, -0.1) is 0 Å². The molecule has 0 saturated heterocycles. The molecule has 134 valence electrons. The lowest BCUT2D eigenvalue weighted by Crippen LogP contribution is -2.34. The van der Waals surface area contributed by atoms with E-state index in [1.165, 1.54) is 24.4 Å². The van der Waals surface area contributed by atoms with Gasteiger partial charge in [0.15, 0.2) is 0 Å². The van der Waals surface area contributed by atoms with E-state index in [0.29, 0.717) is 11.1 Å². The first kappa shape index (κ1) is 19.5. The maximum absolute atomic E-state index is 11.9. The third-order valence-electron chi connectivity index (χ3n) is 3.07. The number of rotatable bonds is 6. The van der Waals surface area contributed by atoms with Gasteiger partial charge in [0, 0.05) is 21.7 Å². The molecule has 2 aromatic rings. The van der Waals surface area contributed by atoms with Crippen LogP contribution in [0.3, 0.4) is 0 Å². The van der Waals surface area contributed by atoms with Crippen molar-refractivity contribution < 1.29 is 14.5 Å². The number of nitrogens with one attached hydrogen (secondary N) is 2. The fourth-order valence-corrected chi connectivity index (χ4v) is 2.45. The zero-order valence-electron chi connectivity index (χ0n) is 13.1. The van der Waals surface area contributed by atoms with Crippen LogP contribution in [-0.4, -0.2) is 29.5 Å². The summed E-state index contributed by atoms with van der Waals surface area (Å²) in [6, 6.07) is 10.8. The van der Waals surface area contributed by atoms with Gasteiger partial charge in [-0.3, -0.25) is 19.7 Å². The molecule has 10 heteroatoms. The highest BCUT2D eigenvalue weighted by Gasteiger charge is 2.12. The molecule has 0 bridgehead atoms. The molecule has 0 aliphatic rings. The molecule has 2 amide bonds. The summed E-state index contributed by atoms with van der Waals surface area (Å²) < 4.78 is 0.747. The van der Waals surface area contributed by atoms with Crippen LogP contribution in [-0.2, 0) is 4.79 Å². The van der Waals surface area contributed by atoms with Crippen LogP contribution in [0.25, 0.3) is 0 Å². The van der Waals surface area contributed by atoms with Crippen molar-refractivity contribution in [2.24, 2.45) is 5.10 Å². The number of nitro groups is 1. The molecule has 0 fully saturated rings. The van der Waals surface area contributed by atoms with Gasteiger partial charge < -0.3 is 5.32 Å². The number of hydrazone groups is 1. The molecule has 0 aliphatic carbocycles. The van der Waals surface area contributed by atoms with Gasteiger partial charge in [0.2, 0.25) is 0 Å². The zero-order valence-corrected chi connectivity index (χ0v) is 15.5. The topological polar surface area (TPSA) is 114 Å². The smallest absolute Gasteiger partial charge is 0.288 e. The molecule has 0 unspecified atom stereocenters. The summed E-state index contributed by atoms with van der Waals surface area (Å²) in [7, 11) is 0. The molecular weight excluding hydrogens is 428 g/mol. The number of nitrogens with zero attached hydrogens (tertiary/aromatic N) is 2. The molecule has 0 atom stereocenters. The second-order valence-electron chi connectivity index (χ2n) is 4.95. The van der Waals surface area contributed by atoms with E-state index >= 15 is 0 Å². The number of hydrogen-bond donors (Lipinski definition) is 2. The van der Waals surface area contributed by atoms with Crippen molar-refractivity contribution in [2.75, 3.05) is 6.54 Å². The fraction of sp³-hybridized carbons (Fsp3) is 0.0625. The number of nitro benzene ring substituents is 1. The van der Waals surface area contributed by atoms with Gasteiger partial charge in [0.1, 0.15) is 5.02 Å². The lowest BCUT2D eigenvalue weighted by molar-refractivity contribution is -0.384. The minimum absolute atomic E-state index is 0.00597. The van der Waals surface area contributed by atoms with Crippen molar-refractivity contribution in [1.82, 2.24) is 10.7 Å². The predicted octanol–water partition coefficient (Wildman–Crippen LogP) is 2.89. The number of hydrogen-bond acceptors (Lipinski definition) is 5. The summed E-state index contributed by atoms with van der Waals surface area (Å²) in [6.45, 7) is -0.274. The normalized spacial score (nSPS) is 10.5. The van der Waals surface area contributed by atoms with Crippen molar-refractivity contribution in [1.29, 1.82) is 0 Å². The molecule has 0 heterocycles. The minimum atomic E-state index is -0.615. The number of amides is 2. The van der Waals surface area contributed by atoms with E-state index in [-0.39, 0.29) is 17.3 Å². The zero-order chi connectivity index (χ0) is 19.1. The van der Waals surface area contributed by atoms with Gasteiger partial charge >= 0.3 is 0 Å². The SMILES string of the molecule is O=C(CNC(=O)c1cccc(Br)c1)N/N=C\c1ccc(Cl)c([N+](=O)[O-])c1. The molecular formula is C16H12BrClN4O4. The van der Waals surface area contributed by atoms with Crippen LogP contribution >= 0.6 is 27.5 Å². The van der Waals surface area contributed by atoms with Crippen molar-refractivity contribution in [3.63, 3.8) is 0 Å². The second-order valence-corrected chi connectivity index (χ2v) is 6.28. The maximum Gasteiger partial charge on any atom is 0.288 e. The monoisotopic (exact) mass is 438 g/mol. The van der Waals surface area contributed by atoms with E-state index < -0.39 is 16.7 Å². The molecule has 2 N–H and O–H groups in total. The number of halogens is 2. The highest BCUT2D eigenvalue weighted by molar-refractivity contribution is 9.10. The van der Waals surface area contributed by atoms with E-state index in [9.17, 15) is 19.7 Å². The van der Waals surface area contributed by atoms with E-state index in [2.05, 4.69) is 31.8 Å². The Kier molecular flexibility index (Phi) is 6.81. The quantitative estimate of drug-likeness (QED) is 0.409. The maximum atomic E-state index is 11.9. The first-order chi connectivity index (χ1) is 12.4. The van der Waals surface area contributed by atoms with Crippen LogP contribution in [0.1, 0.15) is 15.9 Å². The van der Waals surface area contributed by atoms with Crippen molar-refractivity contribution >= 4 is 51.2 Å². The molecule has 0 saturated carbocycles. The average Bonchev–Trinajstić information content (AvgIpc) is 2.60. The summed E-state index contributed by atoms with van der Waals surface area (Å²) in [6.07, 6.45) is 1.23. The Hall–Kier alpha value is -2.78. The van der Waals surface area contributed by atoms with Gasteiger partial charge in [-0.1, -0.05) is 39.7 Å². The highest BCUT2D eigenvalue weighted by Crippen LogP contribution is 2.24. The summed E-state index contributed by atoms with van der Waals surface area (Å²) >= 11 is 8.96. The van der Waals surface area contributed by atoms with Gasteiger partial charge in [-0.25, -0.2) is 5.43 Å².